The predicted molar refractivity (Wildman–Crippen MR) is 140 cm³/mol. The van der Waals surface area contributed by atoms with Gasteiger partial charge in [0.25, 0.3) is 5.88 Å². The van der Waals surface area contributed by atoms with E-state index in [0.29, 0.717) is 18.1 Å². The Hall–Kier alpha value is -2.71. The quantitative estimate of drug-likeness (QED) is 0.464. The van der Waals surface area contributed by atoms with Crippen molar-refractivity contribution in [1.29, 1.82) is 0 Å². The lowest BCUT2D eigenvalue weighted by molar-refractivity contribution is -0.120. The summed E-state index contributed by atoms with van der Waals surface area (Å²) in [5.74, 6) is 0.643. The number of hydrogen-bond acceptors (Lipinski definition) is 6. The topological polar surface area (TPSA) is 92.7 Å². The number of aliphatic hydroxyl groups excluding tert-OH is 1. The summed E-state index contributed by atoms with van der Waals surface area (Å²) in [6, 6.07) is 7.65. The molecular weight excluding hydrogens is 473 g/mol. The van der Waals surface area contributed by atoms with Crippen LogP contribution in [0.4, 0.5) is 4.39 Å². The monoisotopic (exact) mass is 513 g/mol. The van der Waals surface area contributed by atoms with Crippen LogP contribution in [0.15, 0.2) is 30.3 Å². The van der Waals surface area contributed by atoms with Crippen LogP contribution in [0.5, 0.6) is 11.6 Å². The van der Waals surface area contributed by atoms with Gasteiger partial charge in [-0.25, -0.2) is 9.37 Å². The summed E-state index contributed by atoms with van der Waals surface area (Å²) >= 11 is 0. The van der Waals surface area contributed by atoms with E-state index in [9.17, 15) is 14.3 Å². The van der Waals surface area contributed by atoms with Gasteiger partial charge in [-0.2, -0.15) is 0 Å². The molecule has 7 nitrogen and oxygen atoms in total. The Bertz CT molecular complexity index is 1100. The van der Waals surface area contributed by atoms with E-state index in [1.165, 1.54) is 19.1 Å². The highest BCUT2D eigenvalue weighted by atomic mass is 19.1. The van der Waals surface area contributed by atoms with Crippen molar-refractivity contribution in [2.75, 3.05) is 13.7 Å². The van der Waals surface area contributed by atoms with Crippen molar-refractivity contribution in [3.8, 4) is 11.6 Å². The number of rotatable bonds is 9. The number of benzene rings is 1. The number of pyridine rings is 1. The minimum atomic E-state index is -0.852. The highest BCUT2D eigenvalue weighted by Crippen LogP contribution is 2.51. The molecule has 0 saturated heterocycles. The summed E-state index contributed by atoms with van der Waals surface area (Å²) in [7, 11) is 1.62. The average molecular weight is 514 g/mol. The van der Waals surface area contributed by atoms with Crippen molar-refractivity contribution in [1.82, 2.24) is 15.6 Å². The molecule has 1 aromatic heterocycles. The highest BCUT2D eigenvalue weighted by Gasteiger charge is 2.47. The molecular formula is C29H40FN3O4. The fourth-order valence-corrected chi connectivity index (χ4v) is 5.34. The molecule has 37 heavy (non-hydrogen) atoms. The van der Waals surface area contributed by atoms with E-state index in [-0.39, 0.29) is 35.3 Å². The number of aromatic nitrogens is 1. The van der Waals surface area contributed by atoms with Crippen molar-refractivity contribution < 1.29 is 23.8 Å². The number of halogens is 1. The number of nitrogens with one attached hydrogen (secondary N) is 2. The van der Waals surface area contributed by atoms with Crippen LogP contribution in [0.25, 0.3) is 0 Å². The first kappa shape index (κ1) is 27.3. The van der Waals surface area contributed by atoms with Crippen molar-refractivity contribution in [3.63, 3.8) is 0 Å². The maximum atomic E-state index is 13.4. The van der Waals surface area contributed by atoms with E-state index in [0.717, 1.165) is 48.9 Å². The summed E-state index contributed by atoms with van der Waals surface area (Å²) in [4.78, 5) is 16.6. The lowest BCUT2D eigenvalue weighted by atomic mass is 9.73. The van der Waals surface area contributed by atoms with Crippen molar-refractivity contribution in [3.05, 3.63) is 53.0 Å². The van der Waals surface area contributed by atoms with Crippen molar-refractivity contribution in [2.24, 2.45) is 5.41 Å². The number of aliphatic hydroxyl groups is 1. The van der Waals surface area contributed by atoms with E-state index in [1.54, 1.807) is 19.2 Å². The number of methoxy groups -OCH3 is 1. The molecule has 2 aromatic rings. The van der Waals surface area contributed by atoms with Gasteiger partial charge < -0.3 is 25.2 Å². The smallest absolute Gasteiger partial charge is 0.257 e. The first-order valence-corrected chi connectivity index (χ1v) is 13.2. The number of ether oxygens (including phenoxy) is 2. The van der Waals surface area contributed by atoms with E-state index >= 15 is 0 Å². The van der Waals surface area contributed by atoms with Crippen molar-refractivity contribution >= 4 is 5.91 Å². The van der Waals surface area contributed by atoms with Crippen LogP contribution in [-0.2, 0) is 17.6 Å². The highest BCUT2D eigenvalue weighted by molar-refractivity contribution is 5.73. The molecule has 3 N–H and O–H groups in total. The van der Waals surface area contributed by atoms with Crippen molar-refractivity contribution in [2.45, 2.75) is 90.0 Å². The Kier molecular flexibility index (Phi) is 8.09. The van der Waals surface area contributed by atoms with E-state index in [2.05, 4.69) is 37.5 Å². The molecule has 4 rings (SSSR count). The molecule has 0 unspecified atom stereocenters. The van der Waals surface area contributed by atoms with Gasteiger partial charge in [-0.1, -0.05) is 32.9 Å². The molecule has 1 aliphatic carbocycles. The molecule has 1 saturated carbocycles. The predicted octanol–water partition coefficient (Wildman–Crippen LogP) is 4.26. The van der Waals surface area contributed by atoms with E-state index in [1.807, 2.05) is 0 Å². The van der Waals surface area contributed by atoms with Gasteiger partial charge in [-0.15, -0.1) is 0 Å². The van der Waals surface area contributed by atoms with Crippen LogP contribution < -0.4 is 20.1 Å². The Morgan fingerprint density at radius 2 is 2.00 bits per heavy atom. The average Bonchev–Trinajstić information content (AvgIpc) is 2.80. The van der Waals surface area contributed by atoms with Gasteiger partial charge in [0.2, 0.25) is 5.91 Å². The second-order valence-electron chi connectivity index (χ2n) is 11.8. The molecule has 1 aromatic carbocycles. The number of hydrogen-bond donors (Lipinski definition) is 3. The third kappa shape index (κ3) is 6.79. The van der Waals surface area contributed by atoms with Gasteiger partial charge in [-0.05, 0) is 61.3 Å². The molecule has 1 fully saturated rings. The van der Waals surface area contributed by atoms with Gasteiger partial charge >= 0.3 is 0 Å². The number of fused-ring (bicyclic) bond motifs is 1. The minimum Gasteiger partial charge on any atom is -0.481 e. The maximum absolute atomic E-state index is 13.4. The number of nitrogens with zero attached hydrogens (tertiary/aromatic N) is 1. The zero-order valence-electron chi connectivity index (χ0n) is 22.6. The summed E-state index contributed by atoms with van der Waals surface area (Å²) < 4.78 is 25.5. The molecule has 0 radical (unpaired) electrons. The molecule has 2 aliphatic rings. The summed E-state index contributed by atoms with van der Waals surface area (Å²) in [6.45, 7) is 8.23. The first-order chi connectivity index (χ1) is 17.5. The Balaban J connectivity index is 1.56. The molecule has 202 valence electrons. The largest absolute Gasteiger partial charge is 0.481 e. The molecule has 1 aliphatic heterocycles. The third-order valence-corrected chi connectivity index (χ3v) is 7.26. The SMILES string of the molecule is COc1nc(CC(C)(C)C)cc2c1OC1(CCC1)C[C@@H]2NC[C@@H](O)[C@H](Cc1ccc(F)cc1)NC(C)=O. The zero-order valence-corrected chi connectivity index (χ0v) is 22.6. The zero-order chi connectivity index (χ0) is 26.8. The third-order valence-electron chi connectivity index (χ3n) is 7.26. The van der Waals surface area contributed by atoms with Crippen LogP contribution >= 0.6 is 0 Å². The molecule has 3 atom stereocenters. The number of carbonyl (C=O) groups excluding carboxylic acids is 1. The Morgan fingerprint density at radius 1 is 1.30 bits per heavy atom. The number of carbonyl (C=O) groups is 1. The molecule has 0 bridgehead atoms. The molecule has 8 heteroatoms. The van der Waals surface area contributed by atoms with Crippen LogP contribution in [0, 0.1) is 11.2 Å². The van der Waals surface area contributed by atoms with Gasteiger partial charge in [0, 0.05) is 37.2 Å². The van der Waals surface area contributed by atoms with E-state index < -0.39 is 12.1 Å². The Morgan fingerprint density at radius 3 is 2.57 bits per heavy atom. The maximum Gasteiger partial charge on any atom is 0.257 e. The Labute approximate surface area is 219 Å². The summed E-state index contributed by atoms with van der Waals surface area (Å²) in [6.07, 6.45) is 4.18. The second-order valence-corrected chi connectivity index (χ2v) is 11.8. The van der Waals surface area contributed by atoms with E-state index in [4.69, 9.17) is 14.5 Å². The molecule has 1 amide bonds. The van der Waals surface area contributed by atoms with Crippen LogP contribution in [-0.4, -0.2) is 47.4 Å². The van der Waals surface area contributed by atoms with Gasteiger partial charge in [-0.3, -0.25) is 4.79 Å². The lowest BCUT2D eigenvalue weighted by Gasteiger charge is -2.48. The van der Waals surface area contributed by atoms with Crippen LogP contribution in [0.1, 0.15) is 76.2 Å². The van der Waals surface area contributed by atoms with Gasteiger partial charge in [0.1, 0.15) is 11.4 Å². The van der Waals surface area contributed by atoms with Gasteiger partial charge in [0.05, 0.1) is 19.3 Å². The summed E-state index contributed by atoms with van der Waals surface area (Å²) in [5.41, 5.74) is 2.58. The first-order valence-electron chi connectivity index (χ1n) is 13.2. The van der Waals surface area contributed by atoms with Crippen LogP contribution in [0.2, 0.25) is 0 Å². The molecule has 1 spiro atoms. The molecule has 2 heterocycles. The fraction of sp³-hybridized carbons (Fsp3) is 0.586. The summed E-state index contributed by atoms with van der Waals surface area (Å²) in [5, 5.41) is 17.6. The second kappa shape index (κ2) is 11.0. The fourth-order valence-electron chi connectivity index (χ4n) is 5.34. The normalized spacial score (nSPS) is 19.8. The minimum absolute atomic E-state index is 0.0573. The lowest BCUT2D eigenvalue weighted by Crippen LogP contribution is -2.52. The van der Waals surface area contributed by atoms with Gasteiger partial charge in [0.15, 0.2) is 5.75 Å². The number of amides is 1. The standard InChI is InChI=1S/C29H40FN3O4/c1-18(34)32-23(13-19-7-9-20(30)10-8-19)25(35)17-31-24-16-29(11-6-12-29)37-26-22(24)14-21(15-28(2,3)4)33-27(26)36-5/h7-10,14,23-25,31,35H,6,11-13,15-17H2,1-5H3,(H,32,34)/t23-,24-,25+/m0/s1. The van der Waals surface area contributed by atoms with Crippen LogP contribution in [0.3, 0.4) is 0 Å².